The van der Waals surface area contributed by atoms with Crippen molar-refractivity contribution in [2.45, 2.75) is 44.6 Å². The predicted molar refractivity (Wildman–Crippen MR) is 115 cm³/mol. The molecule has 1 aliphatic carbocycles. The Labute approximate surface area is 175 Å². The Morgan fingerprint density at radius 2 is 1.89 bits per heavy atom. The Balaban J connectivity index is 1.84. The summed E-state index contributed by atoms with van der Waals surface area (Å²) in [4.78, 5) is 0. The molecule has 0 amide bonds. The summed E-state index contributed by atoms with van der Waals surface area (Å²) in [5, 5.41) is 23.8. The minimum atomic E-state index is -0.893. The van der Waals surface area contributed by atoms with Gasteiger partial charge in [0.25, 0.3) is 0 Å². The van der Waals surface area contributed by atoms with Crippen molar-refractivity contribution >= 4 is 21.6 Å². The van der Waals surface area contributed by atoms with Crippen molar-refractivity contribution in [3.05, 3.63) is 64.1 Å². The molecule has 3 nitrogen and oxygen atoms in total. The second-order valence-electron chi connectivity index (χ2n) is 8.15. The molecule has 0 radical (unpaired) electrons. The normalized spacial score (nSPS) is 27.4. The van der Waals surface area contributed by atoms with Crippen molar-refractivity contribution in [3.8, 4) is 12.1 Å². The van der Waals surface area contributed by atoms with Crippen LogP contribution in [0.2, 0.25) is 0 Å². The zero-order valence-corrected chi connectivity index (χ0v) is 17.6. The second-order valence-corrected chi connectivity index (χ2v) is 9.07. The van der Waals surface area contributed by atoms with Gasteiger partial charge >= 0.3 is 0 Å². The molecule has 2 aromatic rings. The second kappa shape index (κ2) is 7.61. The molecule has 4 rings (SSSR count). The van der Waals surface area contributed by atoms with Crippen molar-refractivity contribution in [2.75, 3.05) is 5.32 Å². The molecule has 2 aliphatic rings. The van der Waals surface area contributed by atoms with Crippen LogP contribution in [0.4, 0.5) is 5.69 Å². The van der Waals surface area contributed by atoms with Crippen molar-refractivity contribution in [1.82, 2.24) is 0 Å². The van der Waals surface area contributed by atoms with Gasteiger partial charge in [-0.15, -0.1) is 0 Å². The van der Waals surface area contributed by atoms with Crippen LogP contribution in [0.15, 0.2) is 53.0 Å². The zero-order valence-electron chi connectivity index (χ0n) is 16.0. The van der Waals surface area contributed by atoms with Gasteiger partial charge < -0.3 is 5.32 Å². The Kier molecular flexibility index (Phi) is 5.17. The first kappa shape index (κ1) is 19.0. The summed E-state index contributed by atoms with van der Waals surface area (Å²) in [5.74, 6) is 0.523. The van der Waals surface area contributed by atoms with Gasteiger partial charge in [-0.1, -0.05) is 59.6 Å². The van der Waals surface area contributed by atoms with E-state index < -0.39 is 5.41 Å². The van der Waals surface area contributed by atoms with E-state index in [0.717, 1.165) is 23.7 Å². The average Bonchev–Trinajstić information content (AvgIpc) is 2.73. The van der Waals surface area contributed by atoms with E-state index in [1.165, 1.54) is 16.8 Å². The third-order valence-corrected chi connectivity index (χ3v) is 7.12. The number of rotatable bonds is 3. The molecule has 0 bridgehead atoms. The molecular formula is C24H24BrN3. The van der Waals surface area contributed by atoms with Gasteiger partial charge in [0.2, 0.25) is 0 Å². The number of nitrogens with zero attached hydrogens (tertiary/aromatic N) is 2. The van der Waals surface area contributed by atoms with E-state index in [0.29, 0.717) is 6.42 Å². The van der Waals surface area contributed by atoms with Crippen LogP contribution in [0, 0.1) is 39.9 Å². The Bertz CT molecular complexity index is 927. The average molecular weight is 434 g/mol. The van der Waals surface area contributed by atoms with Crippen molar-refractivity contribution in [1.29, 1.82) is 10.5 Å². The van der Waals surface area contributed by atoms with E-state index in [-0.39, 0.29) is 23.8 Å². The molecule has 0 saturated heterocycles. The highest BCUT2D eigenvalue weighted by atomic mass is 79.9. The Morgan fingerprint density at radius 1 is 1.14 bits per heavy atom. The maximum atomic E-state index is 10.0. The van der Waals surface area contributed by atoms with Crippen molar-refractivity contribution < 1.29 is 0 Å². The van der Waals surface area contributed by atoms with Crippen molar-refractivity contribution in [2.24, 2.45) is 17.3 Å². The summed E-state index contributed by atoms with van der Waals surface area (Å²) in [6.07, 6.45) is 3.42. The minimum absolute atomic E-state index is 0.120. The molecule has 1 aliphatic heterocycles. The highest BCUT2D eigenvalue weighted by Crippen LogP contribution is 2.55. The summed E-state index contributed by atoms with van der Waals surface area (Å²) in [6, 6.07) is 22.1. The van der Waals surface area contributed by atoms with Gasteiger partial charge in [-0.2, -0.15) is 10.5 Å². The highest BCUT2D eigenvalue weighted by molar-refractivity contribution is 9.10. The van der Waals surface area contributed by atoms with Crippen LogP contribution >= 0.6 is 15.9 Å². The maximum absolute atomic E-state index is 10.0. The van der Waals surface area contributed by atoms with Gasteiger partial charge in [-0.05, 0) is 60.4 Å². The number of anilines is 1. The zero-order chi connectivity index (χ0) is 19.7. The number of hydrogen-bond acceptors (Lipinski definition) is 3. The third-order valence-electron chi connectivity index (χ3n) is 6.62. The fourth-order valence-corrected chi connectivity index (χ4v) is 5.71. The van der Waals surface area contributed by atoms with Crippen LogP contribution in [-0.4, -0.2) is 6.04 Å². The number of hydrogen-bond donors (Lipinski definition) is 1. The van der Waals surface area contributed by atoms with Crippen molar-refractivity contribution in [3.63, 3.8) is 0 Å². The molecule has 28 heavy (non-hydrogen) atoms. The van der Waals surface area contributed by atoms with Crippen LogP contribution in [-0.2, 0) is 0 Å². The summed E-state index contributed by atoms with van der Waals surface area (Å²) in [5.41, 5.74) is 2.79. The fourth-order valence-electron chi connectivity index (χ4n) is 5.33. The van der Waals surface area contributed by atoms with Gasteiger partial charge in [0, 0.05) is 22.1 Å². The first-order valence-corrected chi connectivity index (χ1v) is 10.8. The Hall–Kier alpha value is -2.30. The fraction of sp³-hybridized carbons (Fsp3) is 0.417. The maximum Gasteiger partial charge on any atom is 0.147 e. The Morgan fingerprint density at radius 3 is 2.57 bits per heavy atom. The largest absolute Gasteiger partial charge is 0.382 e. The van der Waals surface area contributed by atoms with E-state index in [9.17, 15) is 10.5 Å². The smallest absolute Gasteiger partial charge is 0.147 e. The molecule has 1 N–H and O–H groups in total. The summed E-state index contributed by atoms with van der Waals surface area (Å²) >= 11 is 3.63. The topological polar surface area (TPSA) is 59.6 Å². The lowest BCUT2D eigenvalue weighted by Crippen LogP contribution is -2.49. The summed E-state index contributed by atoms with van der Waals surface area (Å²) in [6.45, 7) is 2.14. The molecule has 4 atom stereocenters. The van der Waals surface area contributed by atoms with Gasteiger partial charge in [-0.25, -0.2) is 0 Å². The number of nitrogens with one attached hydrogen (secondary N) is 1. The molecular weight excluding hydrogens is 410 g/mol. The van der Waals surface area contributed by atoms with Crippen LogP contribution in [0.5, 0.6) is 0 Å². The standard InChI is InChI=1S/C24H24BrN3/c1-2-6-17-11-22-20(13-24(17,14-26)15-27)23(16-7-4-3-5-8-16)19-12-18(25)9-10-21(19)28-22/h3-5,7-10,12,17,20,22-23,28H,2,6,11,13H2,1H3/t17-,20+,22+,23+/m1/s1. The molecule has 0 unspecified atom stereocenters. The number of halogens is 1. The monoisotopic (exact) mass is 433 g/mol. The first-order chi connectivity index (χ1) is 13.6. The van der Waals surface area contributed by atoms with Gasteiger partial charge in [0.1, 0.15) is 5.41 Å². The van der Waals surface area contributed by atoms with Crippen LogP contribution < -0.4 is 5.32 Å². The number of benzene rings is 2. The lowest BCUT2D eigenvalue weighted by Gasteiger charge is -2.49. The quantitative estimate of drug-likeness (QED) is 0.623. The van der Waals surface area contributed by atoms with E-state index in [2.05, 4.69) is 82.8 Å². The molecule has 142 valence electrons. The van der Waals surface area contributed by atoms with E-state index in [4.69, 9.17) is 0 Å². The summed E-state index contributed by atoms with van der Waals surface area (Å²) < 4.78 is 1.05. The molecule has 2 aromatic carbocycles. The van der Waals surface area contributed by atoms with Crippen LogP contribution in [0.1, 0.15) is 49.7 Å². The molecule has 1 saturated carbocycles. The lowest BCUT2D eigenvalue weighted by molar-refractivity contribution is 0.127. The number of nitriles is 2. The van der Waals surface area contributed by atoms with E-state index in [1.54, 1.807) is 0 Å². The predicted octanol–water partition coefficient (Wildman–Crippen LogP) is 6.23. The highest BCUT2D eigenvalue weighted by Gasteiger charge is 2.52. The molecule has 0 spiro atoms. The third kappa shape index (κ3) is 3.11. The lowest BCUT2D eigenvalue weighted by atomic mass is 9.56. The first-order valence-electron chi connectivity index (χ1n) is 10.0. The molecule has 4 heteroatoms. The van der Waals surface area contributed by atoms with Crippen LogP contribution in [0.25, 0.3) is 0 Å². The summed E-state index contributed by atoms with van der Waals surface area (Å²) in [7, 11) is 0. The van der Waals surface area contributed by atoms with E-state index >= 15 is 0 Å². The van der Waals surface area contributed by atoms with E-state index in [1.807, 2.05) is 6.07 Å². The van der Waals surface area contributed by atoms with Gasteiger partial charge in [-0.3, -0.25) is 0 Å². The molecule has 1 heterocycles. The number of fused-ring (bicyclic) bond motifs is 2. The van der Waals surface area contributed by atoms with Gasteiger partial charge in [0.05, 0.1) is 12.1 Å². The SMILES string of the molecule is CCC[C@@H]1C[C@@H]2Nc3ccc(Br)cc3[C@H](c3ccccc3)[C@H]2CC1(C#N)C#N. The van der Waals surface area contributed by atoms with Gasteiger partial charge in [0.15, 0.2) is 0 Å². The molecule has 0 aromatic heterocycles. The minimum Gasteiger partial charge on any atom is -0.382 e. The molecule has 1 fully saturated rings. The van der Waals surface area contributed by atoms with Crippen LogP contribution in [0.3, 0.4) is 0 Å².